The van der Waals surface area contributed by atoms with Gasteiger partial charge in [-0.2, -0.15) is 0 Å². The van der Waals surface area contributed by atoms with Gasteiger partial charge in [0.2, 0.25) is 5.91 Å². The maximum absolute atomic E-state index is 11.7. The van der Waals surface area contributed by atoms with E-state index in [2.05, 4.69) is 11.9 Å². The molecule has 98 valence electrons. The smallest absolute Gasteiger partial charge is 0.313 e. The first-order valence-corrected chi connectivity index (χ1v) is 6.86. The zero-order valence-corrected chi connectivity index (χ0v) is 11.2. The zero-order chi connectivity index (χ0) is 12.8. The van der Waals surface area contributed by atoms with Gasteiger partial charge in [0.15, 0.2) is 0 Å². The fourth-order valence-corrected chi connectivity index (χ4v) is 2.67. The molecule has 1 rings (SSSR count). The van der Waals surface area contributed by atoms with E-state index in [0.717, 1.165) is 37.8 Å². The van der Waals surface area contributed by atoms with Crippen molar-refractivity contribution in [1.82, 2.24) is 9.80 Å². The minimum Gasteiger partial charge on any atom is -0.481 e. The Balaban J connectivity index is 2.20. The lowest BCUT2D eigenvalue weighted by Crippen LogP contribution is -2.34. The predicted octanol–water partition coefficient (Wildman–Crippen LogP) is 0.214. The highest BCUT2D eigenvalue weighted by atomic mass is 32.2. The van der Waals surface area contributed by atoms with Crippen LogP contribution in [0.2, 0.25) is 0 Å². The van der Waals surface area contributed by atoms with Gasteiger partial charge in [-0.25, -0.2) is 0 Å². The molecule has 1 aliphatic rings. The summed E-state index contributed by atoms with van der Waals surface area (Å²) in [7, 11) is 3.88. The highest BCUT2D eigenvalue weighted by molar-refractivity contribution is 8.00. The third-order valence-corrected chi connectivity index (χ3v) is 3.80. The molecule has 0 aliphatic carbocycles. The second kappa shape index (κ2) is 6.86. The Morgan fingerprint density at radius 1 is 1.47 bits per heavy atom. The number of aliphatic carboxylic acids is 1. The lowest BCUT2D eigenvalue weighted by molar-refractivity contribution is -0.133. The number of nitrogens with zero attached hydrogens (tertiary/aromatic N) is 2. The number of carbonyl (C=O) groups is 2. The Morgan fingerprint density at radius 3 is 2.71 bits per heavy atom. The normalized spacial score (nSPS) is 20.5. The second-order valence-corrected chi connectivity index (χ2v) is 5.56. The molecule has 17 heavy (non-hydrogen) atoms. The van der Waals surface area contributed by atoms with Crippen LogP contribution in [-0.4, -0.2) is 72.0 Å². The molecule has 0 saturated carbocycles. The standard InChI is InChI=1S/C11H20N2O3S/c1-12-4-3-9(5-12)6-13(2)10(14)7-17-8-11(15)16/h9H,3-8H2,1-2H3,(H,15,16). The first kappa shape index (κ1) is 14.3. The van der Waals surface area contributed by atoms with Crippen molar-refractivity contribution in [3.8, 4) is 0 Å². The molecular formula is C11H20N2O3S. The molecule has 0 aromatic rings. The van der Waals surface area contributed by atoms with E-state index in [9.17, 15) is 9.59 Å². The molecular weight excluding hydrogens is 240 g/mol. The Morgan fingerprint density at radius 2 is 2.18 bits per heavy atom. The summed E-state index contributed by atoms with van der Waals surface area (Å²) in [6.45, 7) is 2.91. The monoisotopic (exact) mass is 260 g/mol. The molecule has 1 unspecified atom stereocenters. The van der Waals surface area contributed by atoms with E-state index < -0.39 is 5.97 Å². The van der Waals surface area contributed by atoms with Crippen molar-refractivity contribution in [2.75, 3.05) is 45.2 Å². The Kier molecular flexibility index (Phi) is 5.77. The summed E-state index contributed by atoms with van der Waals surface area (Å²) in [5.41, 5.74) is 0. The zero-order valence-electron chi connectivity index (χ0n) is 10.4. The fraction of sp³-hybridized carbons (Fsp3) is 0.818. The molecule has 0 spiro atoms. The van der Waals surface area contributed by atoms with Gasteiger partial charge < -0.3 is 14.9 Å². The number of thioether (sulfide) groups is 1. The molecule has 1 N–H and O–H groups in total. The summed E-state index contributed by atoms with van der Waals surface area (Å²) in [4.78, 5) is 26.0. The van der Waals surface area contributed by atoms with Crippen molar-refractivity contribution >= 4 is 23.6 Å². The van der Waals surface area contributed by atoms with Crippen LogP contribution in [0.25, 0.3) is 0 Å². The molecule has 0 aromatic heterocycles. The van der Waals surface area contributed by atoms with Gasteiger partial charge in [-0.05, 0) is 25.9 Å². The number of rotatable bonds is 6. The second-order valence-electron chi connectivity index (χ2n) is 4.58. The van der Waals surface area contributed by atoms with Crippen molar-refractivity contribution in [1.29, 1.82) is 0 Å². The highest BCUT2D eigenvalue weighted by Crippen LogP contribution is 2.15. The van der Waals surface area contributed by atoms with Crippen molar-refractivity contribution < 1.29 is 14.7 Å². The maximum atomic E-state index is 11.7. The molecule has 0 radical (unpaired) electrons. The molecule has 1 aliphatic heterocycles. The average molecular weight is 260 g/mol. The molecule has 0 bridgehead atoms. The van der Waals surface area contributed by atoms with Gasteiger partial charge in [-0.15, -0.1) is 11.8 Å². The van der Waals surface area contributed by atoms with Crippen LogP contribution < -0.4 is 0 Å². The molecule has 1 heterocycles. The first-order valence-electron chi connectivity index (χ1n) is 5.71. The predicted molar refractivity (Wildman–Crippen MR) is 68.2 cm³/mol. The van der Waals surface area contributed by atoms with Gasteiger partial charge in [0, 0.05) is 20.1 Å². The van der Waals surface area contributed by atoms with Gasteiger partial charge >= 0.3 is 5.97 Å². The summed E-state index contributed by atoms with van der Waals surface area (Å²) in [5, 5.41) is 8.47. The van der Waals surface area contributed by atoms with Crippen LogP contribution in [0.4, 0.5) is 0 Å². The van der Waals surface area contributed by atoms with Gasteiger partial charge in [0.25, 0.3) is 0 Å². The fourth-order valence-electron chi connectivity index (χ4n) is 2.00. The van der Waals surface area contributed by atoms with E-state index in [1.54, 1.807) is 11.9 Å². The largest absolute Gasteiger partial charge is 0.481 e. The Labute approximate surface area is 106 Å². The van der Waals surface area contributed by atoms with E-state index in [0.29, 0.717) is 5.92 Å². The molecule has 6 heteroatoms. The third-order valence-electron chi connectivity index (χ3n) is 2.90. The highest BCUT2D eigenvalue weighted by Gasteiger charge is 2.22. The molecule has 5 nitrogen and oxygen atoms in total. The minimum absolute atomic E-state index is 0.00819. The average Bonchev–Trinajstić information content (AvgIpc) is 2.63. The van der Waals surface area contributed by atoms with E-state index in [-0.39, 0.29) is 17.4 Å². The van der Waals surface area contributed by atoms with Crippen LogP contribution in [0.3, 0.4) is 0 Å². The van der Waals surface area contributed by atoms with Gasteiger partial charge in [-0.3, -0.25) is 9.59 Å². The van der Waals surface area contributed by atoms with Crippen LogP contribution in [-0.2, 0) is 9.59 Å². The summed E-state index contributed by atoms with van der Waals surface area (Å²) < 4.78 is 0. The summed E-state index contributed by atoms with van der Waals surface area (Å²) >= 11 is 1.16. The van der Waals surface area contributed by atoms with Crippen LogP contribution >= 0.6 is 11.8 Å². The molecule has 1 amide bonds. The third kappa shape index (κ3) is 5.41. The molecule has 1 saturated heterocycles. The van der Waals surface area contributed by atoms with Crippen LogP contribution in [0.5, 0.6) is 0 Å². The number of likely N-dealkylation sites (tertiary alicyclic amines) is 1. The van der Waals surface area contributed by atoms with Crippen LogP contribution in [0, 0.1) is 5.92 Å². The van der Waals surface area contributed by atoms with Crippen LogP contribution in [0.15, 0.2) is 0 Å². The minimum atomic E-state index is -0.872. The molecule has 1 atom stereocenters. The van der Waals surface area contributed by atoms with Gasteiger partial charge in [-0.1, -0.05) is 0 Å². The van der Waals surface area contributed by atoms with Crippen molar-refractivity contribution in [3.63, 3.8) is 0 Å². The molecule has 1 fully saturated rings. The lowest BCUT2D eigenvalue weighted by atomic mass is 10.1. The van der Waals surface area contributed by atoms with Gasteiger partial charge in [0.1, 0.15) is 0 Å². The van der Waals surface area contributed by atoms with Gasteiger partial charge in [0.05, 0.1) is 11.5 Å². The number of carboxylic acid groups (broad SMARTS) is 1. The van der Waals surface area contributed by atoms with E-state index in [1.807, 2.05) is 0 Å². The summed E-state index contributed by atoms with van der Waals surface area (Å²) in [6.07, 6.45) is 1.14. The summed E-state index contributed by atoms with van der Waals surface area (Å²) in [5.74, 6) is -0.0519. The lowest BCUT2D eigenvalue weighted by Gasteiger charge is -2.21. The first-order chi connectivity index (χ1) is 7.99. The van der Waals surface area contributed by atoms with Crippen molar-refractivity contribution in [3.05, 3.63) is 0 Å². The Bertz CT molecular complexity index is 286. The van der Waals surface area contributed by atoms with E-state index >= 15 is 0 Å². The van der Waals surface area contributed by atoms with Crippen molar-refractivity contribution in [2.45, 2.75) is 6.42 Å². The van der Waals surface area contributed by atoms with Crippen molar-refractivity contribution in [2.24, 2.45) is 5.92 Å². The molecule has 0 aromatic carbocycles. The Hall–Kier alpha value is -0.750. The van der Waals surface area contributed by atoms with E-state index in [1.165, 1.54) is 0 Å². The number of hydrogen-bond donors (Lipinski definition) is 1. The maximum Gasteiger partial charge on any atom is 0.313 e. The van der Waals surface area contributed by atoms with E-state index in [4.69, 9.17) is 5.11 Å². The number of hydrogen-bond acceptors (Lipinski definition) is 4. The summed E-state index contributed by atoms with van der Waals surface area (Å²) in [6, 6.07) is 0. The SMILES string of the molecule is CN1CCC(CN(C)C(=O)CSCC(=O)O)C1. The topological polar surface area (TPSA) is 60.9 Å². The number of carbonyl (C=O) groups excluding carboxylic acids is 1. The quantitative estimate of drug-likeness (QED) is 0.740. The number of carboxylic acids is 1. The van der Waals surface area contributed by atoms with Crippen LogP contribution in [0.1, 0.15) is 6.42 Å². The number of amides is 1.